The van der Waals surface area contributed by atoms with Crippen LogP contribution in [-0.2, 0) is 13.1 Å². The highest BCUT2D eigenvalue weighted by molar-refractivity contribution is 6.04. The first kappa shape index (κ1) is 17.8. The van der Waals surface area contributed by atoms with Crippen LogP contribution in [0, 0.1) is 5.82 Å². The summed E-state index contributed by atoms with van der Waals surface area (Å²) in [5.74, 6) is -0.328. The minimum Gasteiger partial charge on any atom is -0.330 e. The molecule has 0 spiro atoms. The Morgan fingerprint density at radius 1 is 0.846 bits per heavy atom. The lowest BCUT2D eigenvalue weighted by Gasteiger charge is -2.14. The highest BCUT2D eigenvalue weighted by Crippen LogP contribution is 2.10. The zero-order valence-corrected chi connectivity index (χ0v) is 14.7. The fraction of sp³-hybridized carbons (Fsp3) is 0.136. The van der Waals surface area contributed by atoms with Crippen LogP contribution in [0.25, 0.3) is 0 Å². The minimum atomic E-state index is -0.212. The van der Waals surface area contributed by atoms with Crippen LogP contribution in [0.3, 0.4) is 0 Å². The summed E-state index contributed by atoms with van der Waals surface area (Å²) in [6.07, 6.45) is 0. The van der Waals surface area contributed by atoms with Crippen LogP contribution in [-0.4, -0.2) is 13.0 Å². The van der Waals surface area contributed by atoms with E-state index in [9.17, 15) is 9.18 Å². The third-order valence-electron chi connectivity index (χ3n) is 4.17. The van der Waals surface area contributed by atoms with E-state index in [0.717, 1.165) is 29.9 Å². The van der Waals surface area contributed by atoms with Gasteiger partial charge in [-0.15, -0.1) is 0 Å². The van der Waals surface area contributed by atoms with Crippen molar-refractivity contribution in [3.05, 3.63) is 101 Å². The molecule has 3 nitrogen and oxygen atoms in total. The van der Waals surface area contributed by atoms with Gasteiger partial charge in [-0.2, -0.15) is 0 Å². The van der Waals surface area contributed by atoms with E-state index < -0.39 is 0 Å². The van der Waals surface area contributed by atoms with Gasteiger partial charge in [-0.1, -0.05) is 42.5 Å². The number of halogens is 1. The number of anilines is 1. The highest BCUT2D eigenvalue weighted by atomic mass is 19.1. The van der Waals surface area contributed by atoms with Crippen molar-refractivity contribution in [2.45, 2.75) is 13.1 Å². The number of carbonyl (C=O) groups is 1. The Labute approximate surface area is 153 Å². The quantitative estimate of drug-likeness (QED) is 0.703. The molecule has 132 valence electrons. The van der Waals surface area contributed by atoms with E-state index in [-0.39, 0.29) is 11.7 Å². The van der Waals surface area contributed by atoms with E-state index in [1.807, 2.05) is 66.7 Å². The summed E-state index contributed by atoms with van der Waals surface area (Å²) in [6, 6.07) is 23.7. The molecule has 26 heavy (non-hydrogen) atoms. The fourth-order valence-electron chi connectivity index (χ4n) is 2.86. The first-order valence-electron chi connectivity index (χ1n) is 8.61. The molecular formula is C22H22FN2O+. The van der Waals surface area contributed by atoms with E-state index >= 15 is 0 Å². The molecule has 0 saturated carbocycles. The Morgan fingerprint density at radius 3 is 1.96 bits per heavy atom. The Kier molecular flexibility index (Phi) is 5.77. The van der Waals surface area contributed by atoms with Gasteiger partial charge in [0.15, 0.2) is 0 Å². The molecule has 0 aliphatic rings. The predicted molar refractivity (Wildman–Crippen MR) is 102 cm³/mol. The van der Waals surface area contributed by atoms with Crippen LogP contribution in [0.5, 0.6) is 0 Å². The van der Waals surface area contributed by atoms with Crippen LogP contribution in [0.2, 0.25) is 0 Å². The van der Waals surface area contributed by atoms with Crippen LogP contribution >= 0.6 is 0 Å². The van der Waals surface area contributed by atoms with E-state index in [2.05, 4.69) is 12.4 Å². The molecule has 0 fully saturated rings. The molecule has 2 N–H and O–H groups in total. The molecule has 0 aromatic heterocycles. The van der Waals surface area contributed by atoms with Crippen molar-refractivity contribution in [3.63, 3.8) is 0 Å². The lowest BCUT2D eigenvalue weighted by molar-refractivity contribution is -0.907. The Balaban J connectivity index is 1.56. The SMILES string of the molecule is C[NH+](Cc1ccc(F)cc1)Cc1ccc(C(=O)Nc2ccccc2)cc1. The number of para-hydroxylation sites is 1. The summed E-state index contributed by atoms with van der Waals surface area (Å²) in [5, 5.41) is 2.88. The van der Waals surface area contributed by atoms with Gasteiger partial charge in [0.1, 0.15) is 18.9 Å². The predicted octanol–water partition coefficient (Wildman–Crippen LogP) is 3.29. The smallest absolute Gasteiger partial charge is 0.255 e. The van der Waals surface area contributed by atoms with Crippen LogP contribution in [0.15, 0.2) is 78.9 Å². The number of nitrogens with one attached hydrogen (secondary N) is 2. The van der Waals surface area contributed by atoms with Crippen molar-refractivity contribution in [1.82, 2.24) is 0 Å². The summed E-state index contributed by atoms with van der Waals surface area (Å²) in [5.41, 5.74) is 3.67. The maximum Gasteiger partial charge on any atom is 0.255 e. The van der Waals surface area contributed by atoms with Crippen LogP contribution in [0.1, 0.15) is 21.5 Å². The van der Waals surface area contributed by atoms with Crippen molar-refractivity contribution < 1.29 is 14.1 Å². The van der Waals surface area contributed by atoms with Gasteiger partial charge in [0.25, 0.3) is 5.91 Å². The van der Waals surface area contributed by atoms with Crippen molar-refractivity contribution in [2.75, 3.05) is 12.4 Å². The fourth-order valence-corrected chi connectivity index (χ4v) is 2.86. The van der Waals surface area contributed by atoms with Crippen LogP contribution in [0.4, 0.5) is 10.1 Å². The van der Waals surface area contributed by atoms with Gasteiger partial charge < -0.3 is 10.2 Å². The van der Waals surface area contributed by atoms with Gasteiger partial charge in [0, 0.05) is 22.4 Å². The molecule has 1 amide bonds. The maximum atomic E-state index is 13.0. The first-order chi connectivity index (χ1) is 12.6. The van der Waals surface area contributed by atoms with Crippen molar-refractivity contribution >= 4 is 11.6 Å². The molecule has 0 heterocycles. The lowest BCUT2D eigenvalue weighted by atomic mass is 10.1. The highest BCUT2D eigenvalue weighted by Gasteiger charge is 2.09. The third kappa shape index (κ3) is 5.01. The molecule has 0 aliphatic heterocycles. The average molecular weight is 349 g/mol. The maximum absolute atomic E-state index is 13.0. The van der Waals surface area contributed by atoms with Gasteiger partial charge in [-0.05, 0) is 36.4 Å². The summed E-state index contributed by atoms with van der Waals surface area (Å²) >= 11 is 0. The van der Waals surface area contributed by atoms with Gasteiger partial charge >= 0.3 is 0 Å². The van der Waals surface area contributed by atoms with Crippen molar-refractivity contribution in [1.29, 1.82) is 0 Å². The Bertz CT molecular complexity index is 846. The number of hydrogen-bond acceptors (Lipinski definition) is 1. The minimum absolute atomic E-state index is 0.116. The van der Waals surface area contributed by atoms with Gasteiger partial charge in [0.2, 0.25) is 0 Å². The summed E-state index contributed by atoms with van der Waals surface area (Å²) in [6.45, 7) is 1.65. The summed E-state index contributed by atoms with van der Waals surface area (Å²) in [7, 11) is 2.10. The van der Waals surface area contributed by atoms with E-state index in [1.165, 1.54) is 17.0 Å². The largest absolute Gasteiger partial charge is 0.330 e. The molecule has 4 heteroatoms. The number of benzene rings is 3. The zero-order chi connectivity index (χ0) is 18.4. The molecule has 1 atom stereocenters. The Hall–Kier alpha value is -2.98. The standard InChI is InChI=1S/C22H21FN2O/c1-25(16-18-9-13-20(23)14-10-18)15-17-7-11-19(12-8-17)22(26)24-21-5-3-2-4-6-21/h2-14H,15-16H2,1H3,(H,24,26)/p+1. The molecule has 3 aromatic carbocycles. The number of hydrogen-bond donors (Lipinski definition) is 2. The van der Waals surface area contributed by atoms with E-state index in [0.29, 0.717) is 5.56 Å². The second-order valence-corrected chi connectivity index (χ2v) is 6.45. The number of carbonyl (C=O) groups excluding carboxylic acids is 1. The zero-order valence-electron chi connectivity index (χ0n) is 14.7. The lowest BCUT2D eigenvalue weighted by Crippen LogP contribution is -3.06. The average Bonchev–Trinajstić information content (AvgIpc) is 2.65. The first-order valence-corrected chi connectivity index (χ1v) is 8.61. The van der Waals surface area contributed by atoms with E-state index in [4.69, 9.17) is 0 Å². The van der Waals surface area contributed by atoms with Gasteiger partial charge in [0.05, 0.1) is 7.05 Å². The normalized spacial score (nSPS) is 11.8. The van der Waals surface area contributed by atoms with E-state index in [1.54, 1.807) is 0 Å². The molecule has 3 rings (SSSR count). The molecule has 0 aliphatic carbocycles. The number of quaternary nitrogens is 1. The van der Waals surface area contributed by atoms with Crippen molar-refractivity contribution in [3.8, 4) is 0 Å². The van der Waals surface area contributed by atoms with Gasteiger partial charge in [-0.3, -0.25) is 4.79 Å². The molecule has 0 saturated heterocycles. The molecule has 0 bridgehead atoms. The molecular weight excluding hydrogens is 327 g/mol. The number of rotatable bonds is 6. The molecule has 1 unspecified atom stereocenters. The van der Waals surface area contributed by atoms with Crippen molar-refractivity contribution in [2.24, 2.45) is 0 Å². The van der Waals surface area contributed by atoms with Gasteiger partial charge in [-0.25, -0.2) is 4.39 Å². The molecule has 3 aromatic rings. The Morgan fingerprint density at radius 2 is 1.38 bits per heavy atom. The number of amides is 1. The third-order valence-corrected chi connectivity index (χ3v) is 4.17. The summed E-state index contributed by atoms with van der Waals surface area (Å²) < 4.78 is 13.0. The second kappa shape index (κ2) is 8.41. The molecule has 0 radical (unpaired) electrons. The van der Waals surface area contributed by atoms with Crippen LogP contribution < -0.4 is 10.2 Å². The second-order valence-electron chi connectivity index (χ2n) is 6.45. The monoisotopic (exact) mass is 349 g/mol. The summed E-state index contributed by atoms with van der Waals surface area (Å²) in [4.78, 5) is 13.6. The topological polar surface area (TPSA) is 33.5 Å².